The van der Waals surface area contributed by atoms with Crippen molar-refractivity contribution >= 4 is 29.6 Å². The molecule has 4 amide bonds. The predicted octanol–water partition coefficient (Wildman–Crippen LogP) is 1.60. The molecule has 0 bridgehead atoms. The summed E-state index contributed by atoms with van der Waals surface area (Å²) in [5, 5.41) is 14.9. The van der Waals surface area contributed by atoms with Crippen molar-refractivity contribution < 1.29 is 29.1 Å². The molecular formula is C36H50N6O6. The smallest absolute Gasteiger partial charge is 0.303 e. The van der Waals surface area contributed by atoms with Gasteiger partial charge in [-0.1, -0.05) is 60.7 Å². The Labute approximate surface area is 282 Å². The number of nitrogens with zero attached hydrogens (tertiary/aromatic N) is 2. The molecule has 2 fully saturated rings. The summed E-state index contributed by atoms with van der Waals surface area (Å²) >= 11 is 0. The summed E-state index contributed by atoms with van der Waals surface area (Å²) in [5.74, 6) is -2.29. The lowest BCUT2D eigenvalue weighted by Crippen LogP contribution is -2.57. The van der Waals surface area contributed by atoms with Gasteiger partial charge in [0.2, 0.25) is 23.6 Å². The maximum atomic E-state index is 13.9. The van der Waals surface area contributed by atoms with Crippen molar-refractivity contribution in [2.75, 3.05) is 19.6 Å². The molecule has 0 saturated carbocycles. The molecule has 2 aromatic rings. The number of hydrogen-bond acceptors (Lipinski definition) is 7. The summed E-state index contributed by atoms with van der Waals surface area (Å²) in [6.07, 6.45) is 3.89. The van der Waals surface area contributed by atoms with Gasteiger partial charge in [-0.15, -0.1) is 0 Å². The Morgan fingerprint density at radius 3 is 2.10 bits per heavy atom. The number of nitrogens with one attached hydrogen (secondary N) is 2. The third-order valence-electron chi connectivity index (χ3n) is 9.41. The Kier molecular flexibility index (Phi) is 13.5. The molecule has 5 atom stereocenters. The number of aliphatic carboxylic acids is 1. The van der Waals surface area contributed by atoms with Crippen molar-refractivity contribution in [3.63, 3.8) is 0 Å². The molecule has 0 aliphatic carbocycles. The van der Waals surface area contributed by atoms with Crippen molar-refractivity contribution in [1.29, 1.82) is 0 Å². The number of benzene rings is 2. The number of carbonyl (C=O) groups excluding carboxylic acids is 4. The van der Waals surface area contributed by atoms with Crippen LogP contribution in [0.25, 0.3) is 0 Å². The number of rotatable bonds is 16. The second-order valence-corrected chi connectivity index (χ2v) is 13.1. The highest BCUT2D eigenvalue weighted by Gasteiger charge is 2.45. The van der Waals surface area contributed by atoms with E-state index in [1.165, 1.54) is 0 Å². The standard InChI is InChI=1S/C36H50N6O6/c1-24-20-30(35(47)42(24)31(14-8-9-17-37)36(48)41-18-15-27(16-19-41)23-32(43)44)40-34(46)29(22-26-12-6-3-7-13-26)39-33(45)28(38)21-25-10-4-2-5-11-25/h2-7,10-13,24,27-31H,8-9,14-23,37-38H2,1H3,(H,39,45)(H,40,46)(H,43,44)/t24?,28-,29-,30-,31-/m1/s1. The topological polar surface area (TPSA) is 188 Å². The monoisotopic (exact) mass is 662 g/mol. The van der Waals surface area contributed by atoms with Gasteiger partial charge >= 0.3 is 5.97 Å². The van der Waals surface area contributed by atoms with Gasteiger partial charge in [0.25, 0.3) is 0 Å². The molecule has 260 valence electrons. The van der Waals surface area contributed by atoms with Gasteiger partial charge in [0, 0.05) is 32.0 Å². The minimum atomic E-state index is -0.979. The molecule has 2 aliphatic heterocycles. The number of nitrogens with two attached hydrogens (primary N) is 2. The molecule has 1 unspecified atom stereocenters. The zero-order valence-corrected chi connectivity index (χ0v) is 27.8. The molecule has 0 radical (unpaired) electrons. The second kappa shape index (κ2) is 17.7. The minimum Gasteiger partial charge on any atom is -0.481 e. The third-order valence-corrected chi connectivity index (χ3v) is 9.41. The molecule has 2 saturated heterocycles. The average Bonchev–Trinajstić information content (AvgIpc) is 3.34. The van der Waals surface area contributed by atoms with E-state index in [0.29, 0.717) is 64.6 Å². The lowest BCUT2D eigenvalue weighted by Gasteiger charge is -2.38. The number of hydrogen-bond donors (Lipinski definition) is 5. The number of likely N-dealkylation sites (tertiary alicyclic amines) is 2. The maximum absolute atomic E-state index is 13.9. The summed E-state index contributed by atoms with van der Waals surface area (Å²) < 4.78 is 0. The summed E-state index contributed by atoms with van der Waals surface area (Å²) in [5.41, 5.74) is 13.7. The minimum absolute atomic E-state index is 0.0198. The molecule has 12 heteroatoms. The fraction of sp³-hybridized carbons (Fsp3) is 0.528. The van der Waals surface area contributed by atoms with Crippen LogP contribution in [0.4, 0.5) is 0 Å². The van der Waals surface area contributed by atoms with Gasteiger partial charge in [-0.2, -0.15) is 0 Å². The van der Waals surface area contributed by atoms with Crippen LogP contribution in [0.3, 0.4) is 0 Å². The fourth-order valence-corrected chi connectivity index (χ4v) is 6.78. The van der Waals surface area contributed by atoms with Crippen LogP contribution < -0.4 is 22.1 Å². The van der Waals surface area contributed by atoms with Crippen LogP contribution in [-0.2, 0) is 36.8 Å². The first kappa shape index (κ1) is 36.5. The first-order valence-corrected chi connectivity index (χ1v) is 17.0. The zero-order valence-electron chi connectivity index (χ0n) is 27.8. The Morgan fingerprint density at radius 1 is 0.917 bits per heavy atom. The van der Waals surface area contributed by atoms with Gasteiger partial charge in [0.1, 0.15) is 18.1 Å². The van der Waals surface area contributed by atoms with Gasteiger partial charge in [-0.25, -0.2) is 0 Å². The lowest BCUT2D eigenvalue weighted by atomic mass is 9.93. The van der Waals surface area contributed by atoms with E-state index in [1.54, 1.807) is 9.80 Å². The Morgan fingerprint density at radius 2 is 1.52 bits per heavy atom. The van der Waals surface area contributed by atoms with Crippen LogP contribution in [0.15, 0.2) is 60.7 Å². The number of piperidine rings is 1. The molecule has 7 N–H and O–H groups in total. The normalized spacial score (nSPS) is 20.2. The van der Waals surface area contributed by atoms with E-state index >= 15 is 0 Å². The van der Waals surface area contributed by atoms with Gasteiger partial charge < -0.3 is 37.0 Å². The number of carbonyl (C=O) groups is 5. The first-order valence-electron chi connectivity index (χ1n) is 17.0. The Bertz CT molecular complexity index is 1380. The highest BCUT2D eigenvalue weighted by molar-refractivity contribution is 5.96. The molecule has 48 heavy (non-hydrogen) atoms. The van der Waals surface area contributed by atoms with Crippen molar-refractivity contribution in [3.05, 3.63) is 71.8 Å². The molecule has 2 heterocycles. The largest absolute Gasteiger partial charge is 0.481 e. The highest BCUT2D eigenvalue weighted by Crippen LogP contribution is 2.28. The molecule has 0 spiro atoms. The highest BCUT2D eigenvalue weighted by atomic mass is 16.4. The van der Waals surface area contributed by atoms with E-state index in [2.05, 4.69) is 10.6 Å². The SMILES string of the molecule is CC1C[C@@H](NC(=O)[C@@H](Cc2ccccc2)NC(=O)[C@H](N)Cc2ccccc2)C(=O)N1[C@H](CCCCN)C(=O)N1CCC(CC(=O)O)CC1. The van der Waals surface area contributed by atoms with E-state index < -0.39 is 42.0 Å². The van der Waals surface area contributed by atoms with Crippen molar-refractivity contribution in [3.8, 4) is 0 Å². The second-order valence-electron chi connectivity index (χ2n) is 13.1. The van der Waals surface area contributed by atoms with E-state index in [0.717, 1.165) is 11.1 Å². The van der Waals surface area contributed by atoms with Crippen molar-refractivity contribution in [2.45, 2.75) is 94.9 Å². The van der Waals surface area contributed by atoms with Crippen LogP contribution in [-0.4, -0.2) is 94.3 Å². The molecular weight excluding hydrogens is 612 g/mol. The number of carboxylic acid groups (broad SMARTS) is 1. The van der Waals surface area contributed by atoms with Gasteiger partial charge in [0.15, 0.2) is 0 Å². The van der Waals surface area contributed by atoms with E-state index in [-0.39, 0.29) is 36.6 Å². The van der Waals surface area contributed by atoms with Crippen molar-refractivity contribution in [1.82, 2.24) is 20.4 Å². The Hall–Kier alpha value is -4.29. The molecule has 2 aromatic carbocycles. The molecule has 2 aliphatic rings. The van der Waals surface area contributed by atoms with Crippen LogP contribution >= 0.6 is 0 Å². The molecule has 0 aromatic heterocycles. The fourth-order valence-electron chi connectivity index (χ4n) is 6.78. The van der Waals surface area contributed by atoms with Crippen LogP contribution in [0.5, 0.6) is 0 Å². The van der Waals surface area contributed by atoms with Gasteiger partial charge in [0.05, 0.1) is 6.04 Å². The number of unbranched alkanes of at least 4 members (excludes halogenated alkanes) is 1. The van der Waals surface area contributed by atoms with E-state index in [9.17, 15) is 29.1 Å². The first-order chi connectivity index (χ1) is 23.1. The zero-order chi connectivity index (χ0) is 34.6. The molecule has 4 rings (SSSR count). The van der Waals surface area contributed by atoms with E-state index in [4.69, 9.17) is 11.5 Å². The maximum Gasteiger partial charge on any atom is 0.303 e. The predicted molar refractivity (Wildman–Crippen MR) is 181 cm³/mol. The summed E-state index contributed by atoms with van der Waals surface area (Å²) in [7, 11) is 0. The number of amides is 4. The average molecular weight is 663 g/mol. The summed E-state index contributed by atoms with van der Waals surface area (Å²) in [4.78, 5) is 69.3. The van der Waals surface area contributed by atoms with Crippen molar-refractivity contribution in [2.24, 2.45) is 17.4 Å². The van der Waals surface area contributed by atoms with Gasteiger partial charge in [-0.05, 0) is 75.5 Å². The lowest BCUT2D eigenvalue weighted by molar-refractivity contribution is -0.147. The molecule has 12 nitrogen and oxygen atoms in total. The van der Waals surface area contributed by atoms with Crippen LogP contribution in [0.1, 0.15) is 63.0 Å². The quantitative estimate of drug-likeness (QED) is 0.168. The number of carboxylic acids is 1. The summed E-state index contributed by atoms with van der Waals surface area (Å²) in [6.45, 7) is 3.22. The Balaban J connectivity index is 1.45. The van der Waals surface area contributed by atoms with Crippen LogP contribution in [0, 0.1) is 5.92 Å². The summed E-state index contributed by atoms with van der Waals surface area (Å²) in [6, 6.07) is 14.9. The third kappa shape index (κ3) is 10.1. The van der Waals surface area contributed by atoms with Crippen LogP contribution in [0.2, 0.25) is 0 Å². The van der Waals surface area contributed by atoms with Gasteiger partial charge in [-0.3, -0.25) is 24.0 Å². The van der Waals surface area contributed by atoms with E-state index in [1.807, 2.05) is 67.6 Å².